The first-order valence-electron chi connectivity index (χ1n) is 10.7. The maximum absolute atomic E-state index is 12.2. The van der Waals surface area contributed by atoms with Crippen molar-refractivity contribution in [2.24, 2.45) is 0 Å². The van der Waals surface area contributed by atoms with Crippen LogP contribution in [-0.2, 0) is 9.53 Å². The third-order valence-electron chi connectivity index (χ3n) is 4.78. The van der Waals surface area contributed by atoms with Gasteiger partial charge in [-0.05, 0) is 31.5 Å². The van der Waals surface area contributed by atoms with E-state index in [4.69, 9.17) is 9.47 Å². The Morgan fingerprint density at radius 3 is 2.18 bits per heavy atom. The molecule has 1 N–H and O–H groups in total. The lowest BCUT2D eigenvalue weighted by Gasteiger charge is -2.14. The molecular formula is C23H37NO4. The fraction of sp³-hybridized carbons (Fsp3) is 0.652. The number of hydrogen-bond donors (Lipinski definition) is 1. The Morgan fingerprint density at radius 2 is 1.57 bits per heavy atom. The molecule has 1 unspecified atom stereocenters. The summed E-state index contributed by atoms with van der Waals surface area (Å²) < 4.78 is 10.4. The molecule has 28 heavy (non-hydrogen) atoms. The third kappa shape index (κ3) is 10.3. The van der Waals surface area contributed by atoms with Crippen LogP contribution in [0.15, 0.2) is 24.3 Å². The quantitative estimate of drug-likeness (QED) is 0.326. The monoisotopic (exact) mass is 391 g/mol. The fourth-order valence-corrected chi connectivity index (χ4v) is 2.99. The fourth-order valence-electron chi connectivity index (χ4n) is 2.99. The highest BCUT2D eigenvalue weighted by atomic mass is 16.5. The van der Waals surface area contributed by atoms with Gasteiger partial charge in [-0.3, -0.25) is 4.79 Å². The number of amides is 1. The molecule has 0 heterocycles. The van der Waals surface area contributed by atoms with E-state index < -0.39 is 12.0 Å². The van der Waals surface area contributed by atoms with Gasteiger partial charge in [0.2, 0.25) is 0 Å². The lowest BCUT2D eigenvalue weighted by atomic mass is 10.1. The Balaban J connectivity index is 2.10. The van der Waals surface area contributed by atoms with E-state index in [0.29, 0.717) is 17.9 Å². The van der Waals surface area contributed by atoms with Gasteiger partial charge in [-0.15, -0.1) is 0 Å². The van der Waals surface area contributed by atoms with E-state index in [1.54, 1.807) is 38.3 Å². The number of unbranched alkanes of at least 4 members (excludes halogenated alkanes) is 9. The van der Waals surface area contributed by atoms with Crippen molar-refractivity contribution in [2.75, 3.05) is 13.7 Å². The molecule has 0 radical (unpaired) electrons. The van der Waals surface area contributed by atoms with Crippen LogP contribution in [0.1, 0.15) is 88.4 Å². The first-order chi connectivity index (χ1) is 13.6. The number of esters is 1. The largest absolute Gasteiger partial charge is 0.497 e. The highest BCUT2D eigenvalue weighted by Gasteiger charge is 2.18. The van der Waals surface area contributed by atoms with Crippen LogP contribution < -0.4 is 10.1 Å². The van der Waals surface area contributed by atoms with E-state index in [1.165, 1.54) is 51.4 Å². The summed E-state index contributed by atoms with van der Waals surface area (Å²) in [4.78, 5) is 24.2. The van der Waals surface area contributed by atoms with Crippen LogP contribution in [0, 0.1) is 0 Å². The van der Waals surface area contributed by atoms with Crippen molar-refractivity contribution < 1.29 is 19.1 Å². The SMILES string of the molecule is CCCCCCCCCCCCOC(=O)C(C)NC(=O)c1cccc(OC)c1. The van der Waals surface area contributed by atoms with Gasteiger partial charge in [0, 0.05) is 5.56 Å². The van der Waals surface area contributed by atoms with E-state index >= 15 is 0 Å². The molecule has 5 heteroatoms. The maximum atomic E-state index is 12.2. The molecule has 0 spiro atoms. The molecule has 0 bridgehead atoms. The van der Waals surface area contributed by atoms with Crippen LogP contribution in [-0.4, -0.2) is 31.6 Å². The van der Waals surface area contributed by atoms with E-state index in [9.17, 15) is 9.59 Å². The number of carbonyl (C=O) groups excluding carboxylic acids is 2. The molecule has 0 aliphatic rings. The standard InChI is InChI=1S/C23H37NO4/c1-4-5-6-7-8-9-10-11-12-13-17-28-23(26)19(2)24-22(25)20-15-14-16-21(18-20)27-3/h14-16,18-19H,4-13,17H2,1-3H3,(H,24,25). The van der Waals surface area contributed by atoms with Crippen LogP contribution in [0.4, 0.5) is 0 Å². The van der Waals surface area contributed by atoms with Crippen LogP contribution >= 0.6 is 0 Å². The molecule has 5 nitrogen and oxygen atoms in total. The van der Waals surface area contributed by atoms with Gasteiger partial charge < -0.3 is 14.8 Å². The molecule has 0 fully saturated rings. The van der Waals surface area contributed by atoms with Crippen molar-refractivity contribution in [1.29, 1.82) is 0 Å². The van der Waals surface area contributed by atoms with Gasteiger partial charge in [-0.2, -0.15) is 0 Å². The van der Waals surface area contributed by atoms with Crippen molar-refractivity contribution in [3.63, 3.8) is 0 Å². The molecule has 0 aliphatic carbocycles. The van der Waals surface area contributed by atoms with Gasteiger partial charge in [0.1, 0.15) is 11.8 Å². The van der Waals surface area contributed by atoms with Crippen LogP contribution in [0.25, 0.3) is 0 Å². The van der Waals surface area contributed by atoms with Crippen molar-refractivity contribution >= 4 is 11.9 Å². The van der Waals surface area contributed by atoms with E-state index in [0.717, 1.165) is 12.8 Å². The molecule has 0 aliphatic heterocycles. The third-order valence-corrected chi connectivity index (χ3v) is 4.78. The summed E-state index contributed by atoms with van der Waals surface area (Å²) in [5.74, 6) is -0.113. The summed E-state index contributed by atoms with van der Waals surface area (Å²) >= 11 is 0. The Hall–Kier alpha value is -2.04. The summed E-state index contributed by atoms with van der Waals surface area (Å²) in [6, 6.07) is 6.14. The van der Waals surface area contributed by atoms with Gasteiger partial charge in [-0.25, -0.2) is 4.79 Å². The zero-order valence-electron chi connectivity index (χ0n) is 17.8. The highest BCUT2D eigenvalue weighted by Crippen LogP contribution is 2.13. The summed E-state index contributed by atoms with van der Waals surface area (Å²) in [6.45, 7) is 4.29. The second-order valence-corrected chi connectivity index (χ2v) is 7.28. The normalized spacial score (nSPS) is 11.7. The average Bonchev–Trinajstić information content (AvgIpc) is 2.71. The molecule has 1 rings (SSSR count). The van der Waals surface area contributed by atoms with Crippen LogP contribution in [0.5, 0.6) is 5.75 Å². The molecule has 0 saturated heterocycles. The van der Waals surface area contributed by atoms with Crippen molar-refractivity contribution in [2.45, 2.75) is 84.1 Å². The Bertz CT molecular complexity index is 573. The Kier molecular flexibility index (Phi) is 12.8. The van der Waals surface area contributed by atoms with Crippen molar-refractivity contribution in [3.8, 4) is 5.75 Å². The average molecular weight is 392 g/mol. The number of benzene rings is 1. The van der Waals surface area contributed by atoms with Gasteiger partial charge in [0.25, 0.3) is 5.91 Å². The number of carbonyl (C=O) groups is 2. The molecule has 1 aromatic rings. The maximum Gasteiger partial charge on any atom is 0.328 e. The molecule has 0 saturated carbocycles. The van der Waals surface area contributed by atoms with E-state index in [-0.39, 0.29) is 5.91 Å². The minimum atomic E-state index is -0.679. The second kappa shape index (κ2) is 14.9. The molecular weight excluding hydrogens is 354 g/mol. The smallest absolute Gasteiger partial charge is 0.328 e. The van der Waals surface area contributed by atoms with Crippen LogP contribution in [0.2, 0.25) is 0 Å². The van der Waals surface area contributed by atoms with E-state index in [2.05, 4.69) is 12.2 Å². The number of ether oxygens (including phenoxy) is 2. The van der Waals surface area contributed by atoms with Gasteiger partial charge in [0.15, 0.2) is 0 Å². The number of nitrogens with one attached hydrogen (secondary N) is 1. The molecule has 0 aromatic heterocycles. The number of methoxy groups -OCH3 is 1. The minimum Gasteiger partial charge on any atom is -0.497 e. The van der Waals surface area contributed by atoms with Gasteiger partial charge in [0.05, 0.1) is 13.7 Å². The van der Waals surface area contributed by atoms with Crippen LogP contribution in [0.3, 0.4) is 0 Å². The first kappa shape index (κ1) is 24.0. The predicted molar refractivity (Wildman–Crippen MR) is 113 cm³/mol. The summed E-state index contributed by atoms with van der Waals surface area (Å²) in [6.07, 6.45) is 12.4. The molecule has 158 valence electrons. The Labute approximate surface area is 170 Å². The zero-order valence-corrected chi connectivity index (χ0v) is 17.8. The zero-order chi connectivity index (χ0) is 20.6. The topological polar surface area (TPSA) is 64.6 Å². The number of hydrogen-bond acceptors (Lipinski definition) is 4. The van der Waals surface area contributed by atoms with Crippen molar-refractivity contribution in [1.82, 2.24) is 5.32 Å². The summed E-state index contributed by atoms with van der Waals surface area (Å²) in [7, 11) is 1.55. The lowest BCUT2D eigenvalue weighted by Crippen LogP contribution is -2.39. The highest BCUT2D eigenvalue weighted by molar-refractivity contribution is 5.97. The Morgan fingerprint density at radius 1 is 0.964 bits per heavy atom. The van der Waals surface area contributed by atoms with Crippen molar-refractivity contribution in [3.05, 3.63) is 29.8 Å². The van der Waals surface area contributed by atoms with Gasteiger partial charge in [-0.1, -0.05) is 70.8 Å². The predicted octanol–water partition coefficient (Wildman–Crippen LogP) is 5.28. The number of rotatable bonds is 15. The van der Waals surface area contributed by atoms with E-state index in [1.807, 2.05) is 0 Å². The first-order valence-corrected chi connectivity index (χ1v) is 10.7. The second-order valence-electron chi connectivity index (χ2n) is 7.28. The lowest BCUT2D eigenvalue weighted by molar-refractivity contribution is -0.145. The van der Waals surface area contributed by atoms with Gasteiger partial charge >= 0.3 is 5.97 Å². The molecule has 1 amide bonds. The summed E-state index contributed by atoms with van der Waals surface area (Å²) in [5, 5.41) is 2.67. The molecule has 1 aromatic carbocycles. The summed E-state index contributed by atoms with van der Waals surface area (Å²) in [5.41, 5.74) is 0.452. The minimum absolute atomic E-state index is 0.317. The molecule has 1 atom stereocenters.